The molecule has 34 heavy (non-hydrogen) atoms. The van der Waals surface area contributed by atoms with Crippen molar-refractivity contribution in [3.8, 4) is 5.69 Å². The number of benzene rings is 1. The number of pyridine rings is 1. The van der Waals surface area contributed by atoms with Gasteiger partial charge in [-0.05, 0) is 49.2 Å². The molecular weight excluding hydrogens is 432 g/mol. The van der Waals surface area contributed by atoms with E-state index in [1.165, 1.54) is 11.1 Å². The highest BCUT2D eigenvalue weighted by atomic mass is 16.3. The largest absolute Gasteiger partial charge is 0.395 e. The Hall–Kier alpha value is -3.76. The number of rotatable bonds is 7. The first-order valence-corrected chi connectivity index (χ1v) is 11.5. The third-order valence-corrected chi connectivity index (χ3v) is 6.12. The molecule has 4 aromatic rings. The third-order valence-electron chi connectivity index (χ3n) is 6.12. The zero-order chi connectivity index (χ0) is 23.7. The van der Waals surface area contributed by atoms with Crippen molar-refractivity contribution in [1.82, 2.24) is 29.6 Å². The molecule has 0 amide bonds. The third kappa shape index (κ3) is 4.02. The van der Waals surface area contributed by atoms with Crippen LogP contribution in [0.2, 0.25) is 0 Å². The van der Waals surface area contributed by atoms with E-state index < -0.39 is 0 Å². The van der Waals surface area contributed by atoms with Crippen molar-refractivity contribution in [2.24, 2.45) is 0 Å². The summed E-state index contributed by atoms with van der Waals surface area (Å²) < 4.78 is 3.44. The molecule has 1 aromatic carbocycles. The fourth-order valence-electron chi connectivity index (χ4n) is 4.34. The van der Waals surface area contributed by atoms with Gasteiger partial charge in [0.25, 0.3) is 5.56 Å². The Morgan fingerprint density at radius 1 is 1.21 bits per heavy atom. The minimum Gasteiger partial charge on any atom is -0.395 e. The van der Waals surface area contributed by atoms with Crippen LogP contribution in [0, 0.1) is 0 Å². The number of anilines is 3. The summed E-state index contributed by atoms with van der Waals surface area (Å²) in [7, 11) is 1.86. The average molecular weight is 461 g/mol. The molecule has 10 nitrogen and oxygen atoms in total. The van der Waals surface area contributed by atoms with Crippen molar-refractivity contribution in [3.63, 3.8) is 0 Å². The first kappa shape index (κ1) is 22.1. The molecular formula is C24H28N8O2. The van der Waals surface area contributed by atoms with Gasteiger partial charge in [0, 0.05) is 50.8 Å². The summed E-state index contributed by atoms with van der Waals surface area (Å²) in [6, 6.07) is 10.0. The lowest BCUT2D eigenvalue weighted by atomic mass is 10.0. The van der Waals surface area contributed by atoms with Gasteiger partial charge in [0.15, 0.2) is 5.65 Å². The summed E-state index contributed by atoms with van der Waals surface area (Å²) in [5.74, 6) is 1.11. The first-order chi connectivity index (χ1) is 16.6. The van der Waals surface area contributed by atoms with E-state index in [1.54, 1.807) is 21.8 Å². The average Bonchev–Trinajstić information content (AvgIpc) is 3.15. The quantitative estimate of drug-likeness (QED) is 0.383. The first-order valence-electron chi connectivity index (χ1n) is 11.5. The van der Waals surface area contributed by atoms with E-state index in [-0.39, 0.29) is 12.2 Å². The highest BCUT2D eigenvalue weighted by Crippen LogP contribution is 2.23. The molecule has 1 aliphatic rings. The molecule has 0 saturated heterocycles. The second-order valence-electron chi connectivity index (χ2n) is 8.32. The zero-order valence-corrected chi connectivity index (χ0v) is 19.3. The Balaban J connectivity index is 1.57. The Morgan fingerprint density at radius 3 is 2.91 bits per heavy atom. The number of hydrogen-bond donors (Lipinski definition) is 3. The van der Waals surface area contributed by atoms with Gasteiger partial charge in [-0.2, -0.15) is 4.98 Å². The van der Waals surface area contributed by atoms with Crippen LogP contribution in [0.5, 0.6) is 0 Å². The summed E-state index contributed by atoms with van der Waals surface area (Å²) in [5.41, 5.74) is 4.66. The van der Waals surface area contributed by atoms with Crippen molar-refractivity contribution < 1.29 is 5.11 Å². The van der Waals surface area contributed by atoms with Crippen LogP contribution in [-0.4, -0.2) is 56.2 Å². The van der Waals surface area contributed by atoms with E-state index in [1.807, 2.05) is 37.1 Å². The number of fused-ring (bicyclic) bond motifs is 2. The number of nitrogens with one attached hydrogen (secondary N) is 2. The Kier molecular flexibility index (Phi) is 5.99. The summed E-state index contributed by atoms with van der Waals surface area (Å²) in [5, 5.41) is 16.4. The van der Waals surface area contributed by atoms with E-state index in [4.69, 9.17) is 4.98 Å². The summed E-state index contributed by atoms with van der Waals surface area (Å²) >= 11 is 0. The lowest BCUT2D eigenvalue weighted by Gasteiger charge is -2.18. The van der Waals surface area contributed by atoms with Crippen LogP contribution in [0.3, 0.4) is 0 Å². The van der Waals surface area contributed by atoms with Gasteiger partial charge in [0.05, 0.1) is 12.3 Å². The van der Waals surface area contributed by atoms with Crippen LogP contribution < -0.4 is 21.1 Å². The van der Waals surface area contributed by atoms with Crippen molar-refractivity contribution >= 4 is 28.5 Å². The minimum absolute atomic E-state index is 0.0233. The monoisotopic (exact) mass is 460 g/mol. The highest BCUT2D eigenvalue weighted by molar-refractivity contribution is 5.77. The van der Waals surface area contributed by atoms with Gasteiger partial charge < -0.3 is 20.6 Å². The fraction of sp³-hybridized carbons (Fsp3) is 0.333. The van der Waals surface area contributed by atoms with Crippen molar-refractivity contribution in [2.45, 2.75) is 26.4 Å². The lowest BCUT2D eigenvalue weighted by Crippen LogP contribution is -2.23. The maximum atomic E-state index is 13.1. The second kappa shape index (κ2) is 9.24. The number of likely N-dealkylation sites (N-methyl/N-ethyl adjacent to an activating group) is 1. The predicted octanol–water partition coefficient (Wildman–Crippen LogP) is 1.81. The van der Waals surface area contributed by atoms with Crippen LogP contribution in [0.4, 0.5) is 17.5 Å². The van der Waals surface area contributed by atoms with Crippen molar-refractivity contribution in [3.05, 3.63) is 64.2 Å². The van der Waals surface area contributed by atoms with Gasteiger partial charge in [0.2, 0.25) is 5.95 Å². The van der Waals surface area contributed by atoms with Crippen LogP contribution in [0.15, 0.2) is 47.5 Å². The summed E-state index contributed by atoms with van der Waals surface area (Å²) in [4.78, 5) is 28.5. The maximum Gasteiger partial charge on any atom is 0.278 e. The number of aromatic nitrogens is 5. The predicted molar refractivity (Wildman–Crippen MR) is 132 cm³/mol. The zero-order valence-electron chi connectivity index (χ0n) is 19.3. The van der Waals surface area contributed by atoms with Crippen LogP contribution in [-0.2, 0) is 19.5 Å². The van der Waals surface area contributed by atoms with Gasteiger partial charge in [-0.1, -0.05) is 6.07 Å². The number of aliphatic hydroxyl groups excluding tert-OH is 1. The lowest BCUT2D eigenvalue weighted by molar-refractivity contribution is 0.304. The number of aliphatic hydroxyl groups is 1. The van der Waals surface area contributed by atoms with E-state index in [9.17, 15) is 9.90 Å². The summed E-state index contributed by atoms with van der Waals surface area (Å²) in [6.07, 6.45) is 4.29. The molecule has 10 heteroatoms. The molecule has 0 bridgehead atoms. The molecule has 176 valence electrons. The standard InChI is InChI=1S/C24H28N8O2/c1-3-31-23(34)20-15-27-24(28-18-5-4-16-6-8-25-14-17(16)12-18)29-22(20)32(31)19-7-9-26-21(13-19)30(2)10-11-33/h4-5,7,9,12-13,15,25,33H,3,6,8,10-11,14H2,1-2H3,(H,27,28,29). The van der Waals surface area contributed by atoms with Gasteiger partial charge in [-0.3, -0.25) is 4.79 Å². The van der Waals surface area contributed by atoms with Gasteiger partial charge in [-0.15, -0.1) is 0 Å². The van der Waals surface area contributed by atoms with E-state index >= 15 is 0 Å². The fourth-order valence-corrected chi connectivity index (χ4v) is 4.34. The molecule has 3 N–H and O–H groups in total. The van der Waals surface area contributed by atoms with Gasteiger partial charge in [0.1, 0.15) is 11.2 Å². The van der Waals surface area contributed by atoms with E-state index in [2.05, 4.69) is 32.7 Å². The van der Waals surface area contributed by atoms with Crippen LogP contribution >= 0.6 is 0 Å². The topological polar surface area (TPSA) is 113 Å². The second-order valence-corrected chi connectivity index (χ2v) is 8.32. The Morgan fingerprint density at radius 2 is 2.09 bits per heavy atom. The molecule has 0 saturated carbocycles. The molecule has 0 unspecified atom stereocenters. The molecule has 0 aliphatic carbocycles. The van der Waals surface area contributed by atoms with E-state index in [0.29, 0.717) is 35.9 Å². The van der Waals surface area contributed by atoms with Crippen molar-refractivity contribution in [2.75, 3.05) is 37.0 Å². The molecule has 1 aliphatic heterocycles. The molecule has 0 radical (unpaired) electrons. The molecule has 0 atom stereocenters. The number of nitrogens with zero attached hydrogens (tertiary/aromatic N) is 6. The normalized spacial score (nSPS) is 13.1. The molecule has 4 heterocycles. The van der Waals surface area contributed by atoms with Gasteiger partial charge in [-0.25, -0.2) is 19.3 Å². The van der Waals surface area contributed by atoms with Crippen molar-refractivity contribution in [1.29, 1.82) is 0 Å². The van der Waals surface area contributed by atoms with Gasteiger partial charge >= 0.3 is 0 Å². The Bertz CT molecular complexity index is 1390. The smallest absolute Gasteiger partial charge is 0.278 e. The minimum atomic E-state index is -0.147. The molecule has 5 rings (SSSR count). The maximum absolute atomic E-state index is 13.1. The Labute approximate surface area is 196 Å². The SMILES string of the molecule is CCn1c(=O)c2cnc(Nc3ccc4c(c3)CNCC4)nc2n1-c1ccnc(N(C)CCO)c1. The highest BCUT2D eigenvalue weighted by Gasteiger charge is 2.18. The molecule has 3 aromatic heterocycles. The van der Waals surface area contributed by atoms with E-state index in [0.717, 1.165) is 30.9 Å². The number of hydrogen-bond acceptors (Lipinski definition) is 8. The summed E-state index contributed by atoms with van der Waals surface area (Å²) in [6.45, 7) is 4.71. The van der Waals surface area contributed by atoms with Crippen LogP contribution in [0.25, 0.3) is 16.7 Å². The van der Waals surface area contributed by atoms with Crippen LogP contribution in [0.1, 0.15) is 18.1 Å². The molecule has 0 fully saturated rings. The molecule has 0 spiro atoms.